The molecule has 3 rings (SSSR count). The van der Waals surface area contributed by atoms with E-state index in [9.17, 15) is 14.0 Å². The van der Waals surface area contributed by atoms with Gasteiger partial charge in [-0.1, -0.05) is 19.1 Å². The molecule has 0 radical (unpaired) electrons. The lowest BCUT2D eigenvalue weighted by Gasteiger charge is -2.32. The second-order valence-corrected chi connectivity index (χ2v) is 7.38. The zero-order valence-electron chi connectivity index (χ0n) is 16.3. The Morgan fingerprint density at radius 3 is 2.21 bits per heavy atom. The summed E-state index contributed by atoms with van der Waals surface area (Å²) in [6.45, 7) is 5.16. The molecule has 0 bridgehead atoms. The highest BCUT2D eigenvalue weighted by atomic mass is 19.1. The molecule has 1 unspecified atom stereocenters. The first kappa shape index (κ1) is 20.0. The van der Waals surface area contributed by atoms with Gasteiger partial charge >= 0.3 is 0 Å². The predicted molar refractivity (Wildman–Crippen MR) is 108 cm³/mol. The molecule has 0 spiro atoms. The first-order valence-electron chi connectivity index (χ1n) is 9.55. The van der Waals surface area contributed by atoms with Gasteiger partial charge in [0.15, 0.2) is 0 Å². The highest BCUT2D eigenvalue weighted by Crippen LogP contribution is 2.20. The monoisotopic (exact) mass is 383 g/mol. The van der Waals surface area contributed by atoms with E-state index in [1.807, 2.05) is 11.8 Å². The third kappa shape index (κ3) is 5.16. The van der Waals surface area contributed by atoms with E-state index in [2.05, 4.69) is 17.3 Å². The summed E-state index contributed by atoms with van der Waals surface area (Å²) in [5.74, 6) is -0.392. The Kier molecular flexibility index (Phi) is 6.41. The third-order valence-corrected chi connectivity index (χ3v) is 5.14. The van der Waals surface area contributed by atoms with Crippen molar-refractivity contribution in [2.24, 2.45) is 0 Å². The third-order valence-electron chi connectivity index (χ3n) is 5.14. The van der Waals surface area contributed by atoms with Crippen LogP contribution in [-0.2, 0) is 4.79 Å². The zero-order valence-corrected chi connectivity index (χ0v) is 16.3. The van der Waals surface area contributed by atoms with E-state index in [4.69, 9.17) is 0 Å². The van der Waals surface area contributed by atoms with Gasteiger partial charge in [-0.2, -0.15) is 0 Å². The van der Waals surface area contributed by atoms with Crippen molar-refractivity contribution in [2.75, 3.05) is 38.5 Å². The van der Waals surface area contributed by atoms with Gasteiger partial charge in [0.05, 0.1) is 0 Å². The minimum atomic E-state index is -0.286. The number of amides is 2. The standard InChI is InChI=1S/C22H26FN3O2/c1-16(17-3-7-19(23)8-4-17)15-21(27)24-20-9-5-18(6-10-20)22(28)26-13-11-25(2)12-14-26/h3-10,16H,11-15H2,1-2H3,(H,24,27). The number of likely N-dealkylation sites (N-methyl/N-ethyl adjacent to an activating group) is 1. The van der Waals surface area contributed by atoms with Crippen LogP contribution in [0.5, 0.6) is 0 Å². The van der Waals surface area contributed by atoms with Gasteiger partial charge in [-0.25, -0.2) is 4.39 Å². The van der Waals surface area contributed by atoms with E-state index in [0.717, 1.165) is 31.7 Å². The SMILES string of the molecule is CC(CC(=O)Nc1ccc(C(=O)N2CCN(C)CC2)cc1)c1ccc(F)cc1. The van der Waals surface area contributed by atoms with E-state index in [1.165, 1.54) is 12.1 Å². The minimum absolute atomic E-state index is 0.0151. The fraction of sp³-hybridized carbons (Fsp3) is 0.364. The van der Waals surface area contributed by atoms with E-state index in [1.54, 1.807) is 36.4 Å². The average Bonchev–Trinajstić information content (AvgIpc) is 2.69. The minimum Gasteiger partial charge on any atom is -0.336 e. The summed E-state index contributed by atoms with van der Waals surface area (Å²) < 4.78 is 13.0. The number of nitrogens with one attached hydrogen (secondary N) is 1. The van der Waals surface area contributed by atoms with E-state index in [-0.39, 0.29) is 23.5 Å². The summed E-state index contributed by atoms with van der Waals surface area (Å²) >= 11 is 0. The van der Waals surface area contributed by atoms with Crippen LogP contribution in [0, 0.1) is 5.82 Å². The molecule has 1 aliphatic heterocycles. The summed E-state index contributed by atoms with van der Waals surface area (Å²) in [5.41, 5.74) is 2.21. The summed E-state index contributed by atoms with van der Waals surface area (Å²) in [7, 11) is 2.05. The second kappa shape index (κ2) is 8.97. The molecule has 0 aromatic heterocycles. The van der Waals surface area contributed by atoms with Crippen molar-refractivity contribution in [2.45, 2.75) is 19.3 Å². The molecule has 28 heavy (non-hydrogen) atoms. The Bertz CT molecular complexity index is 813. The van der Waals surface area contributed by atoms with Gasteiger partial charge in [0.2, 0.25) is 5.91 Å². The molecule has 148 valence electrons. The smallest absolute Gasteiger partial charge is 0.253 e. The summed E-state index contributed by atoms with van der Waals surface area (Å²) in [6, 6.07) is 13.2. The molecule has 2 aromatic rings. The Balaban J connectivity index is 1.54. The number of halogens is 1. The van der Waals surface area contributed by atoms with Crippen LogP contribution in [0.2, 0.25) is 0 Å². The first-order chi connectivity index (χ1) is 13.4. The molecule has 1 fully saturated rings. The lowest BCUT2D eigenvalue weighted by Crippen LogP contribution is -2.47. The summed E-state index contributed by atoms with van der Waals surface area (Å²) in [6.07, 6.45) is 0.299. The molecular weight excluding hydrogens is 357 g/mol. The Morgan fingerprint density at radius 1 is 1.00 bits per heavy atom. The van der Waals surface area contributed by atoms with Gasteiger partial charge in [-0.15, -0.1) is 0 Å². The molecule has 0 aliphatic carbocycles. The Labute approximate surface area is 165 Å². The zero-order chi connectivity index (χ0) is 20.1. The van der Waals surface area contributed by atoms with Crippen molar-refractivity contribution in [3.63, 3.8) is 0 Å². The highest BCUT2D eigenvalue weighted by Gasteiger charge is 2.20. The highest BCUT2D eigenvalue weighted by molar-refractivity contribution is 5.96. The first-order valence-corrected chi connectivity index (χ1v) is 9.55. The van der Waals surface area contributed by atoms with Crippen molar-refractivity contribution in [1.29, 1.82) is 0 Å². The number of hydrogen-bond acceptors (Lipinski definition) is 3. The molecule has 0 saturated carbocycles. The fourth-order valence-corrected chi connectivity index (χ4v) is 3.29. The van der Waals surface area contributed by atoms with Crippen LogP contribution in [0.15, 0.2) is 48.5 Å². The predicted octanol–water partition coefficient (Wildman–Crippen LogP) is 3.35. The number of rotatable bonds is 5. The Morgan fingerprint density at radius 2 is 1.61 bits per heavy atom. The van der Waals surface area contributed by atoms with Crippen LogP contribution in [0.1, 0.15) is 35.2 Å². The normalized spacial score (nSPS) is 15.9. The van der Waals surface area contributed by atoms with Crippen LogP contribution in [-0.4, -0.2) is 54.8 Å². The van der Waals surface area contributed by atoms with Crippen molar-refractivity contribution in [3.8, 4) is 0 Å². The van der Waals surface area contributed by atoms with Crippen LogP contribution in [0.4, 0.5) is 10.1 Å². The van der Waals surface area contributed by atoms with Crippen LogP contribution in [0.25, 0.3) is 0 Å². The largest absolute Gasteiger partial charge is 0.336 e. The van der Waals surface area contributed by atoms with Crippen molar-refractivity contribution in [3.05, 3.63) is 65.5 Å². The van der Waals surface area contributed by atoms with E-state index >= 15 is 0 Å². The van der Waals surface area contributed by atoms with Crippen LogP contribution >= 0.6 is 0 Å². The molecular formula is C22H26FN3O2. The number of piperazine rings is 1. The molecule has 6 heteroatoms. The maximum absolute atomic E-state index is 13.0. The topological polar surface area (TPSA) is 52.7 Å². The van der Waals surface area contributed by atoms with Crippen molar-refractivity contribution < 1.29 is 14.0 Å². The van der Waals surface area contributed by atoms with Crippen LogP contribution < -0.4 is 5.32 Å². The second-order valence-electron chi connectivity index (χ2n) is 7.38. The lowest BCUT2D eigenvalue weighted by molar-refractivity contribution is -0.116. The van der Waals surface area contributed by atoms with Crippen LogP contribution in [0.3, 0.4) is 0 Å². The maximum atomic E-state index is 13.0. The van der Waals surface area contributed by atoms with Crippen molar-refractivity contribution in [1.82, 2.24) is 9.80 Å². The average molecular weight is 383 g/mol. The number of hydrogen-bond donors (Lipinski definition) is 1. The molecule has 2 aromatic carbocycles. The fourth-order valence-electron chi connectivity index (χ4n) is 3.29. The molecule has 1 aliphatic rings. The number of anilines is 1. The summed E-state index contributed by atoms with van der Waals surface area (Å²) in [5, 5.41) is 2.86. The molecule has 2 amide bonds. The van der Waals surface area contributed by atoms with Crippen molar-refractivity contribution >= 4 is 17.5 Å². The number of nitrogens with zero attached hydrogens (tertiary/aromatic N) is 2. The van der Waals surface area contributed by atoms with Gasteiger partial charge in [0, 0.05) is 43.9 Å². The lowest BCUT2D eigenvalue weighted by atomic mass is 9.97. The van der Waals surface area contributed by atoms with E-state index in [0.29, 0.717) is 17.7 Å². The Hall–Kier alpha value is -2.73. The quantitative estimate of drug-likeness (QED) is 0.862. The van der Waals surface area contributed by atoms with Gasteiger partial charge in [-0.05, 0) is 54.9 Å². The van der Waals surface area contributed by atoms with Gasteiger partial charge in [0.25, 0.3) is 5.91 Å². The molecule has 1 atom stereocenters. The summed E-state index contributed by atoms with van der Waals surface area (Å²) in [4.78, 5) is 28.9. The number of carbonyl (C=O) groups is 2. The molecule has 1 heterocycles. The maximum Gasteiger partial charge on any atom is 0.253 e. The van der Waals surface area contributed by atoms with E-state index < -0.39 is 0 Å². The molecule has 1 N–H and O–H groups in total. The number of carbonyl (C=O) groups excluding carboxylic acids is 2. The molecule has 5 nitrogen and oxygen atoms in total. The van der Waals surface area contributed by atoms with Gasteiger partial charge in [-0.3, -0.25) is 9.59 Å². The van der Waals surface area contributed by atoms with Gasteiger partial charge in [0.1, 0.15) is 5.82 Å². The molecule has 1 saturated heterocycles. The van der Waals surface area contributed by atoms with Gasteiger partial charge < -0.3 is 15.1 Å². The number of benzene rings is 2.